The van der Waals surface area contributed by atoms with E-state index >= 15 is 0 Å². The summed E-state index contributed by atoms with van der Waals surface area (Å²) in [5.41, 5.74) is 10.9. The largest absolute Gasteiger partial charge is 0.489 e. The van der Waals surface area contributed by atoms with E-state index in [1.165, 1.54) is 12.1 Å². The molecule has 3 heterocycles. The Labute approximate surface area is 150 Å². The van der Waals surface area contributed by atoms with Gasteiger partial charge in [-0.1, -0.05) is 0 Å². The molecule has 0 saturated heterocycles. The second-order valence-electron chi connectivity index (χ2n) is 6.41. The SMILES string of the molecule is NCC[C@H]1Cc2cc(F)cc(CNC3=NC4=C(C=O)CNN4C=C3)c2O1. The molecule has 1 aromatic carbocycles. The zero-order valence-electron chi connectivity index (χ0n) is 14.2. The first kappa shape index (κ1) is 16.7. The monoisotopic (exact) mass is 357 g/mol. The van der Waals surface area contributed by atoms with E-state index in [2.05, 4.69) is 15.7 Å². The molecule has 1 atom stereocenters. The molecule has 4 N–H and O–H groups in total. The Bertz CT molecular complexity index is 833. The zero-order valence-corrected chi connectivity index (χ0v) is 14.2. The number of hydrogen-bond donors (Lipinski definition) is 3. The van der Waals surface area contributed by atoms with E-state index in [1.807, 2.05) is 0 Å². The average Bonchev–Trinajstić information content (AvgIpc) is 3.22. The first-order chi connectivity index (χ1) is 12.7. The van der Waals surface area contributed by atoms with Crippen molar-refractivity contribution in [1.29, 1.82) is 0 Å². The van der Waals surface area contributed by atoms with Crippen LogP contribution in [-0.4, -0.2) is 36.3 Å². The molecular weight excluding hydrogens is 337 g/mol. The minimum Gasteiger partial charge on any atom is -0.489 e. The second kappa shape index (κ2) is 6.89. The summed E-state index contributed by atoms with van der Waals surface area (Å²) in [5.74, 6) is 1.63. The van der Waals surface area contributed by atoms with Gasteiger partial charge in [-0.3, -0.25) is 9.80 Å². The van der Waals surface area contributed by atoms with Crippen LogP contribution in [0.1, 0.15) is 17.5 Å². The summed E-state index contributed by atoms with van der Waals surface area (Å²) in [4.78, 5) is 15.5. The summed E-state index contributed by atoms with van der Waals surface area (Å²) < 4.78 is 19.9. The molecule has 0 aromatic heterocycles. The van der Waals surface area contributed by atoms with Crippen molar-refractivity contribution in [1.82, 2.24) is 15.8 Å². The zero-order chi connectivity index (χ0) is 18.1. The van der Waals surface area contributed by atoms with Gasteiger partial charge in [-0.05, 0) is 31.2 Å². The predicted molar refractivity (Wildman–Crippen MR) is 94.5 cm³/mol. The van der Waals surface area contributed by atoms with Crippen LogP contribution in [0.25, 0.3) is 0 Å². The lowest BCUT2D eigenvalue weighted by Gasteiger charge is -2.20. The van der Waals surface area contributed by atoms with Gasteiger partial charge in [-0.15, -0.1) is 0 Å². The number of nitrogens with two attached hydrogens (primary N) is 1. The minimum absolute atomic E-state index is 0.000827. The van der Waals surface area contributed by atoms with Gasteiger partial charge in [-0.2, -0.15) is 0 Å². The second-order valence-corrected chi connectivity index (χ2v) is 6.41. The van der Waals surface area contributed by atoms with Gasteiger partial charge in [0, 0.05) is 36.8 Å². The van der Waals surface area contributed by atoms with E-state index in [1.54, 1.807) is 17.3 Å². The molecule has 0 amide bonds. The maximum atomic E-state index is 14.0. The molecule has 0 spiro atoms. The van der Waals surface area contributed by atoms with Crippen molar-refractivity contribution in [3.8, 4) is 5.75 Å². The Hall–Kier alpha value is -2.71. The first-order valence-corrected chi connectivity index (χ1v) is 8.58. The van der Waals surface area contributed by atoms with Crippen molar-refractivity contribution in [2.24, 2.45) is 10.7 Å². The number of carbonyl (C=O) groups is 1. The van der Waals surface area contributed by atoms with Gasteiger partial charge >= 0.3 is 0 Å². The number of fused-ring (bicyclic) bond motifs is 2. The van der Waals surface area contributed by atoms with Crippen molar-refractivity contribution in [2.45, 2.75) is 25.5 Å². The van der Waals surface area contributed by atoms with Crippen molar-refractivity contribution in [3.63, 3.8) is 0 Å². The smallest absolute Gasteiger partial charge is 0.157 e. The highest BCUT2D eigenvalue weighted by atomic mass is 19.1. The molecule has 26 heavy (non-hydrogen) atoms. The predicted octanol–water partition coefficient (Wildman–Crippen LogP) is 0.724. The van der Waals surface area contributed by atoms with E-state index in [0.29, 0.717) is 43.3 Å². The highest BCUT2D eigenvalue weighted by Crippen LogP contribution is 2.34. The van der Waals surface area contributed by atoms with E-state index in [9.17, 15) is 9.18 Å². The van der Waals surface area contributed by atoms with E-state index in [4.69, 9.17) is 10.5 Å². The van der Waals surface area contributed by atoms with Crippen molar-refractivity contribution >= 4 is 12.1 Å². The molecule has 0 bridgehead atoms. The number of rotatable bonds is 5. The Kier molecular flexibility index (Phi) is 4.44. The van der Waals surface area contributed by atoms with Gasteiger partial charge in [0.2, 0.25) is 0 Å². The fraction of sp³-hybridized carbons (Fsp3) is 0.333. The van der Waals surface area contributed by atoms with Crippen molar-refractivity contribution < 1.29 is 13.9 Å². The number of amidine groups is 1. The molecule has 4 rings (SSSR count). The quantitative estimate of drug-likeness (QED) is 0.673. The minimum atomic E-state index is -0.282. The molecule has 136 valence electrons. The molecule has 0 radical (unpaired) electrons. The normalized spacial score (nSPS) is 20.6. The average molecular weight is 357 g/mol. The van der Waals surface area contributed by atoms with Gasteiger partial charge in [0.15, 0.2) is 12.1 Å². The third-order valence-corrected chi connectivity index (χ3v) is 4.59. The molecule has 0 aliphatic carbocycles. The van der Waals surface area contributed by atoms with E-state index < -0.39 is 0 Å². The number of aldehydes is 1. The Morgan fingerprint density at radius 2 is 2.38 bits per heavy atom. The summed E-state index contributed by atoms with van der Waals surface area (Å²) in [6, 6.07) is 3.00. The number of ether oxygens (including phenoxy) is 1. The number of hydrogen-bond acceptors (Lipinski definition) is 7. The standard InChI is InChI=1S/C18H20FN5O2/c19-14-5-11-7-15(1-3-20)26-17(11)12(6-14)8-21-16-2-4-24-18(23-16)13(10-25)9-22-24/h2,4-6,10,15,22H,1,3,7-9,20H2,(H,21,23)/t15-/m0/s1. The molecule has 7 nitrogen and oxygen atoms in total. The summed E-state index contributed by atoms with van der Waals surface area (Å²) >= 11 is 0. The Balaban J connectivity index is 1.51. The molecule has 8 heteroatoms. The number of nitrogens with zero attached hydrogens (tertiary/aromatic N) is 2. The van der Waals surface area contributed by atoms with Crippen LogP contribution in [0.5, 0.6) is 5.75 Å². The molecule has 1 aromatic rings. The Morgan fingerprint density at radius 1 is 1.50 bits per heavy atom. The number of halogens is 1. The maximum absolute atomic E-state index is 14.0. The number of hydrazine groups is 1. The van der Waals surface area contributed by atoms with E-state index in [-0.39, 0.29) is 11.9 Å². The van der Waals surface area contributed by atoms with Crippen LogP contribution >= 0.6 is 0 Å². The number of benzene rings is 1. The topological polar surface area (TPSA) is 92.0 Å². The lowest BCUT2D eigenvalue weighted by atomic mass is 10.0. The molecule has 3 aliphatic heterocycles. The summed E-state index contributed by atoms with van der Waals surface area (Å²) in [7, 11) is 0. The van der Waals surface area contributed by atoms with Crippen LogP contribution in [0.15, 0.2) is 40.8 Å². The van der Waals surface area contributed by atoms with Gasteiger partial charge in [-0.25, -0.2) is 14.8 Å². The third-order valence-electron chi connectivity index (χ3n) is 4.59. The molecule has 0 unspecified atom stereocenters. The maximum Gasteiger partial charge on any atom is 0.157 e. The fourth-order valence-electron chi connectivity index (χ4n) is 3.35. The van der Waals surface area contributed by atoms with Crippen LogP contribution < -0.4 is 21.2 Å². The van der Waals surface area contributed by atoms with Crippen LogP contribution in [0.4, 0.5) is 4.39 Å². The van der Waals surface area contributed by atoms with Crippen LogP contribution in [0.3, 0.4) is 0 Å². The third kappa shape index (κ3) is 3.09. The van der Waals surface area contributed by atoms with Gasteiger partial charge in [0.05, 0.1) is 5.57 Å². The molecule has 3 aliphatic rings. The molecule has 0 fully saturated rings. The lowest BCUT2D eigenvalue weighted by Crippen LogP contribution is -2.31. The highest BCUT2D eigenvalue weighted by Gasteiger charge is 2.26. The highest BCUT2D eigenvalue weighted by molar-refractivity contribution is 5.95. The first-order valence-electron chi connectivity index (χ1n) is 8.58. The number of nitrogens with one attached hydrogen (secondary N) is 2. The van der Waals surface area contributed by atoms with Crippen LogP contribution in [0, 0.1) is 5.82 Å². The summed E-state index contributed by atoms with van der Waals surface area (Å²) in [6.45, 7) is 1.36. The fourth-order valence-corrected chi connectivity index (χ4v) is 3.35. The molecular formula is C18H20FN5O2. The van der Waals surface area contributed by atoms with Crippen molar-refractivity contribution in [2.75, 3.05) is 13.1 Å². The Morgan fingerprint density at radius 3 is 3.19 bits per heavy atom. The van der Waals surface area contributed by atoms with E-state index in [0.717, 1.165) is 29.6 Å². The van der Waals surface area contributed by atoms with Gasteiger partial charge < -0.3 is 15.8 Å². The summed E-state index contributed by atoms with van der Waals surface area (Å²) in [5, 5.41) is 4.89. The number of carbonyl (C=O) groups excluding carboxylic acids is 1. The molecule has 0 saturated carbocycles. The van der Waals surface area contributed by atoms with Gasteiger partial charge in [0.1, 0.15) is 23.5 Å². The van der Waals surface area contributed by atoms with Gasteiger partial charge in [0.25, 0.3) is 0 Å². The van der Waals surface area contributed by atoms with Crippen LogP contribution in [0.2, 0.25) is 0 Å². The summed E-state index contributed by atoms with van der Waals surface area (Å²) in [6.07, 6.45) is 5.81. The van der Waals surface area contributed by atoms with Crippen molar-refractivity contribution in [3.05, 3.63) is 52.7 Å². The lowest BCUT2D eigenvalue weighted by molar-refractivity contribution is -0.104. The number of aliphatic imine (C=N–C) groups is 1. The van der Waals surface area contributed by atoms with Crippen LogP contribution in [-0.2, 0) is 17.8 Å².